The number of rotatable bonds is 3. The molecule has 24 heavy (non-hydrogen) atoms. The quantitative estimate of drug-likeness (QED) is 0.673. The smallest absolute Gasteiger partial charge is 0.421 e. The van der Waals surface area contributed by atoms with Crippen molar-refractivity contribution in [2.24, 2.45) is 0 Å². The average molecular weight is 346 g/mol. The molecule has 0 saturated heterocycles. The van der Waals surface area contributed by atoms with Crippen LogP contribution in [0.15, 0.2) is 30.8 Å². The lowest BCUT2D eigenvalue weighted by molar-refractivity contribution is 0.172. The Morgan fingerprint density at radius 2 is 1.79 bits per heavy atom. The largest absolute Gasteiger partial charge is 0.531 e. The van der Waals surface area contributed by atoms with Crippen molar-refractivity contribution in [2.45, 2.75) is 45.8 Å². The van der Waals surface area contributed by atoms with E-state index in [4.69, 9.17) is 9.16 Å². The second-order valence-electron chi connectivity index (χ2n) is 7.65. The van der Waals surface area contributed by atoms with E-state index in [9.17, 15) is 4.79 Å². The van der Waals surface area contributed by atoms with Gasteiger partial charge in [-0.1, -0.05) is 45.5 Å². The van der Waals surface area contributed by atoms with E-state index in [1.165, 1.54) is 11.7 Å². The fraction of sp³-hybridized carbons (Fsp3) is 0.421. The molecule has 1 aromatic heterocycles. The molecule has 0 amide bonds. The molecular formula is C19H27NO3Si. The number of hydrogen-bond donors (Lipinski definition) is 0. The number of hydrogen-bond acceptors (Lipinski definition) is 3. The Labute approximate surface area is 145 Å². The monoisotopic (exact) mass is 345 g/mol. The Kier molecular flexibility index (Phi) is 4.68. The Morgan fingerprint density at radius 3 is 2.29 bits per heavy atom. The molecule has 0 bridgehead atoms. The SMILES string of the molecule is C=C(C)c1c(O[Si](C)(C)C(C)(C)C)n(C(=O)OC)c2ccccc12. The van der Waals surface area contributed by atoms with E-state index in [2.05, 4.69) is 40.4 Å². The number of para-hydroxylation sites is 1. The second kappa shape index (κ2) is 6.13. The van der Waals surface area contributed by atoms with Crippen LogP contribution in [0.2, 0.25) is 18.1 Å². The molecule has 0 radical (unpaired) electrons. The number of methoxy groups -OCH3 is 1. The first-order chi connectivity index (χ1) is 11.0. The van der Waals surface area contributed by atoms with Crippen molar-refractivity contribution >= 4 is 30.9 Å². The lowest BCUT2D eigenvalue weighted by atomic mass is 10.1. The number of carbonyl (C=O) groups excluding carboxylic acids is 1. The molecule has 5 heteroatoms. The van der Waals surface area contributed by atoms with Crippen LogP contribution in [-0.4, -0.2) is 26.1 Å². The van der Waals surface area contributed by atoms with Gasteiger partial charge in [0.05, 0.1) is 12.6 Å². The summed E-state index contributed by atoms with van der Waals surface area (Å²) in [5.74, 6) is 0.544. The van der Waals surface area contributed by atoms with Crippen LogP contribution in [0.5, 0.6) is 5.88 Å². The maximum atomic E-state index is 12.5. The van der Waals surface area contributed by atoms with Crippen LogP contribution in [0, 0.1) is 0 Å². The zero-order valence-corrected chi connectivity index (χ0v) is 16.7. The summed E-state index contributed by atoms with van der Waals surface area (Å²) >= 11 is 0. The third kappa shape index (κ3) is 3.00. The minimum atomic E-state index is -2.15. The zero-order chi connectivity index (χ0) is 18.3. The van der Waals surface area contributed by atoms with Crippen LogP contribution in [0.25, 0.3) is 16.5 Å². The van der Waals surface area contributed by atoms with Crippen LogP contribution >= 0.6 is 0 Å². The summed E-state index contributed by atoms with van der Waals surface area (Å²) in [5, 5.41) is 0.959. The van der Waals surface area contributed by atoms with Crippen molar-refractivity contribution in [3.63, 3.8) is 0 Å². The van der Waals surface area contributed by atoms with Crippen molar-refractivity contribution in [2.75, 3.05) is 7.11 Å². The van der Waals surface area contributed by atoms with Crippen LogP contribution in [0.4, 0.5) is 4.79 Å². The Hall–Kier alpha value is -2.01. The fourth-order valence-corrected chi connectivity index (χ4v) is 3.38. The van der Waals surface area contributed by atoms with Gasteiger partial charge in [-0.15, -0.1) is 0 Å². The van der Waals surface area contributed by atoms with E-state index in [0.29, 0.717) is 5.88 Å². The highest BCUT2D eigenvalue weighted by molar-refractivity contribution is 6.74. The maximum Gasteiger partial charge on any atom is 0.421 e. The molecule has 0 atom stereocenters. The van der Waals surface area contributed by atoms with E-state index in [1.54, 1.807) is 0 Å². The summed E-state index contributed by atoms with van der Waals surface area (Å²) < 4.78 is 13.1. The van der Waals surface area contributed by atoms with E-state index in [1.807, 2.05) is 31.2 Å². The van der Waals surface area contributed by atoms with Gasteiger partial charge in [-0.25, -0.2) is 9.36 Å². The lowest BCUT2D eigenvalue weighted by Crippen LogP contribution is -2.44. The highest BCUT2D eigenvalue weighted by Crippen LogP contribution is 2.42. The standard InChI is InChI=1S/C19H27NO3Si/c1-13(2)16-14-11-9-10-12-15(14)20(18(21)22-6)17(16)23-24(7,8)19(3,4)5/h9-12H,1H2,2-8H3. The Morgan fingerprint density at radius 1 is 1.21 bits per heavy atom. The van der Waals surface area contributed by atoms with Gasteiger partial charge in [-0.2, -0.15) is 0 Å². The van der Waals surface area contributed by atoms with Crippen molar-refractivity contribution < 1.29 is 14.0 Å². The second-order valence-corrected chi connectivity index (χ2v) is 12.4. The van der Waals surface area contributed by atoms with E-state index >= 15 is 0 Å². The topological polar surface area (TPSA) is 40.5 Å². The molecule has 2 aromatic rings. The number of nitrogens with zero attached hydrogens (tertiary/aromatic N) is 1. The van der Waals surface area contributed by atoms with E-state index in [-0.39, 0.29) is 5.04 Å². The summed E-state index contributed by atoms with van der Waals surface area (Å²) in [4.78, 5) is 12.5. The molecule has 0 saturated carbocycles. The number of fused-ring (bicyclic) bond motifs is 1. The summed E-state index contributed by atoms with van der Waals surface area (Å²) in [6.07, 6.45) is -0.451. The predicted molar refractivity (Wildman–Crippen MR) is 102 cm³/mol. The third-order valence-electron chi connectivity index (χ3n) is 4.77. The summed E-state index contributed by atoms with van der Waals surface area (Å²) in [7, 11) is -0.763. The van der Waals surface area contributed by atoms with Gasteiger partial charge >= 0.3 is 6.09 Å². The highest BCUT2D eigenvalue weighted by atomic mass is 28.4. The molecule has 130 valence electrons. The maximum absolute atomic E-state index is 12.5. The Balaban J connectivity index is 2.82. The molecule has 0 unspecified atom stereocenters. The van der Waals surface area contributed by atoms with E-state index in [0.717, 1.165) is 22.0 Å². The number of carbonyl (C=O) groups is 1. The first kappa shape index (κ1) is 18.3. The normalized spacial score (nSPS) is 12.3. The number of benzene rings is 1. The molecule has 0 spiro atoms. The van der Waals surface area contributed by atoms with Crippen molar-refractivity contribution in [1.29, 1.82) is 0 Å². The molecule has 0 aliphatic rings. The van der Waals surface area contributed by atoms with Crippen LogP contribution in [-0.2, 0) is 4.74 Å². The first-order valence-electron chi connectivity index (χ1n) is 8.08. The highest BCUT2D eigenvalue weighted by Gasteiger charge is 2.41. The summed E-state index contributed by atoms with van der Waals surface area (Å²) in [5.41, 5.74) is 2.51. The molecular weight excluding hydrogens is 318 g/mol. The van der Waals surface area contributed by atoms with Crippen molar-refractivity contribution in [3.05, 3.63) is 36.4 Å². The van der Waals surface area contributed by atoms with Gasteiger partial charge in [-0.05, 0) is 36.7 Å². The third-order valence-corrected chi connectivity index (χ3v) is 9.09. The molecule has 4 nitrogen and oxygen atoms in total. The number of ether oxygens (including phenoxy) is 1. The van der Waals surface area contributed by atoms with Crippen LogP contribution < -0.4 is 4.43 Å². The van der Waals surface area contributed by atoms with Gasteiger partial charge in [0.1, 0.15) is 0 Å². The summed E-state index contributed by atoms with van der Waals surface area (Å²) in [6.45, 7) is 16.9. The molecule has 1 heterocycles. The number of aromatic nitrogens is 1. The molecule has 1 aromatic carbocycles. The molecule has 0 N–H and O–H groups in total. The van der Waals surface area contributed by atoms with Gasteiger partial charge in [0.25, 0.3) is 8.32 Å². The predicted octanol–water partition coefficient (Wildman–Crippen LogP) is 5.67. The molecule has 0 aliphatic carbocycles. The molecule has 2 rings (SSSR count). The van der Waals surface area contributed by atoms with Crippen molar-refractivity contribution in [1.82, 2.24) is 4.57 Å². The summed E-state index contributed by atoms with van der Waals surface area (Å²) in [6, 6.07) is 7.74. The number of allylic oxidation sites excluding steroid dienone is 1. The van der Waals surface area contributed by atoms with Gasteiger partial charge in [0.15, 0.2) is 5.88 Å². The van der Waals surface area contributed by atoms with E-state index < -0.39 is 14.4 Å². The van der Waals surface area contributed by atoms with Gasteiger partial charge in [0.2, 0.25) is 0 Å². The zero-order valence-electron chi connectivity index (χ0n) is 15.7. The van der Waals surface area contributed by atoms with Crippen LogP contribution in [0.3, 0.4) is 0 Å². The Bertz CT molecular complexity index is 797. The minimum Gasteiger partial charge on any atom is -0.531 e. The van der Waals surface area contributed by atoms with Gasteiger partial charge < -0.3 is 9.16 Å². The minimum absolute atomic E-state index is 0.0107. The molecule has 0 fully saturated rings. The van der Waals surface area contributed by atoms with Crippen molar-refractivity contribution in [3.8, 4) is 5.88 Å². The molecule has 0 aliphatic heterocycles. The van der Waals surface area contributed by atoms with Crippen LogP contribution in [0.1, 0.15) is 33.3 Å². The first-order valence-corrected chi connectivity index (χ1v) is 11.0. The average Bonchev–Trinajstić information content (AvgIpc) is 2.78. The lowest BCUT2D eigenvalue weighted by Gasteiger charge is -2.36. The van der Waals surface area contributed by atoms with Gasteiger partial charge in [0, 0.05) is 10.9 Å². The fourth-order valence-electron chi connectivity index (χ4n) is 2.39. The van der Waals surface area contributed by atoms with Gasteiger partial charge in [-0.3, -0.25) is 0 Å².